The predicted octanol–water partition coefficient (Wildman–Crippen LogP) is 3.42. The van der Waals surface area contributed by atoms with Gasteiger partial charge in [-0.25, -0.2) is 0 Å². The van der Waals surface area contributed by atoms with Crippen LogP contribution in [0.4, 0.5) is 0 Å². The van der Waals surface area contributed by atoms with Gasteiger partial charge in [0.1, 0.15) is 5.52 Å². The molecule has 118 valence electrons. The van der Waals surface area contributed by atoms with Crippen molar-refractivity contribution in [2.45, 2.75) is 65.6 Å². The number of aromatic nitrogens is 2. The molecule has 1 saturated heterocycles. The summed E-state index contributed by atoms with van der Waals surface area (Å²) >= 11 is 1.73. The Bertz CT molecular complexity index is 708. The first-order valence-electron chi connectivity index (χ1n) is 7.74. The molecule has 0 atom stereocenters. The lowest BCUT2D eigenvalue weighted by molar-refractivity contribution is 0.00578. The second-order valence-electron chi connectivity index (χ2n) is 7.31. The molecule has 0 aliphatic carbocycles. The van der Waals surface area contributed by atoms with Gasteiger partial charge in [-0.2, -0.15) is 5.10 Å². The largest absolute Gasteiger partial charge is 0.505 e. The highest BCUT2D eigenvalue weighted by Crippen LogP contribution is 2.38. The van der Waals surface area contributed by atoms with Crippen LogP contribution in [-0.4, -0.2) is 28.5 Å². The Morgan fingerprint density at radius 2 is 1.73 bits per heavy atom. The van der Waals surface area contributed by atoms with E-state index in [1.807, 2.05) is 6.20 Å². The summed E-state index contributed by atoms with van der Waals surface area (Å²) in [4.78, 5) is 0. The first-order chi connectivity index (χ1) is 10.1. The average molecular weight is 318 g/mol. The van der Waals surface area contributed by atoms with Gasteiger partial charge in [0.05, 0.1) is 22.1 Å². The van der Waals surface area contributed by atoms with Gasteiger partial charge in [0.25, 0.3) is 0 Å². The van der Waals surface area contributed by atoms with Crippen LogP contribution in [0, 0.1) is 6.92 Å². The number of fused-ring (bicyclic) bond motifs is 1. The van der Waals surface area contributed by atoms with Gasteiger partial charge in [0.2, 0.25) is 0 Å². The summed E-state index contributed by atoms with van der Waals surface area (Å²) in [6, 6.07) is 0. The molecule has 0 amide bonds. The summed E-state index contributed by atoms with van der Waals surface area (Å²) < 4.78 is 14.7. The molecule has 0 unspecified atom stereocenters. The Morgan fingerprint density at radius 1 is 1.14 bits per heavy atom. The van der Waals surface area contributed by atoms with Crippen LogP contribution in [-0.2, 0) is 9.31 Å². The summed E-state index contributed by atoms with van der Waals surface area (Å²) in [5.74, 6) is 0.419. The molecule has 0 bridgehead atoms. The zero-order chi connectivity index (χ0) is 16.3. The van der Waals surface area contributed by atoms with Crippen molar-refractivity contribution in [3.8, 4) is 0 Å². The molecule has 2 aromatic heterocycles. The molecular formula is C16H23BN2O2S. The van der Waals surface area contributed by atoms with Crippen molar-refractivity contribution in [2.24, 2.45) is 0 Å². The third-order valence-electron chi connectivity index (χ3n) is 4.86. The molecule has 0 radical (unpaired) electrons. The molecule has 1 aliphatic heterocycles. The molecule has 1 fully saturated rings. The van der Waals surface area contributed by atoms with Crippen LogP contribution in [0.25, 0.3) is 10.2 Å². The van der Waals surface area contributed by atoms with Crippen molar-refractivity contribution in [2.75, 3.05) is 0 Å². The highest BCUT2D eigenvalue weighted by molar-refractivity contribution is 7.28. The summed E-state index contributed by atoms with van der Waals surface area (Å²) in [5, 5.41) is 8.50. The Balaban J connectivity index is 2.10. The standard InChI is InChI=1S/C16H23BN2O2S/c1-9(2)11-8-18-19-12-10(3)14(22-13(11)12)17-20-15(4,5)16(6,7)21-17/h8-9H,1-7H3. The Hall–Kier alpha value is -0.975. The number of aryl methyl sites for hydroxylation is 1. The van der Waals surface area contributed by atoms with Gasteiger partial charge >= 0.3 is 7.12 Å². The summed E-state index contributed by atoms with van der Waals surface area (Å²) in [7, 11) is -0.329. The van der Waals surface area contributed by atoms with Crippen molar-refractivity contribution in [1.82, 2.24) is 10.2 Å². The smallest absolute Gasteiger partial charge is 0.399 e. The van der Waals surface area contributed by atoms with Crippen LogP contribution in [0.1, 0.15) is 58.6 Å². The van der Waals surface area contributed by atoms with Crippen LogP contribution in [0.2, 0.25) is 0 Å². The van der Waals surface area contributed by atoms with Gasteiger partial charge in [-0.05, 0) is 51.7 Å². The average Bonchev–Trinajstić information content (AvgIpc) is 2.84. The number of rotatable bonds is 2. The Morgan fingerprint density at radius 3 is 2.27 bits per heavy atom. The molecule has 6 heteroatoms. The number of hydrogen-bond donors (Lipinski definition) is 0. The van der Waals surface area contributed by atoms with Crippen molar-refractivity contribution in [3.63, 3.8) is 0 Å². The van der Waals surface area contributed by atoms with Crippen molar-refractivity contribution < 1.29 is 9.31 Å². The topological polar surface area (TPSA) is 44.2 Å². The Kier molecular flexibility index (Phi) is 3.62. The van der Waals surface area contributed by atoms with Gasteiger partial charge in [-0.3, -0.25) is 0 Å². The number of hydrogen-bond acceptors (Lipinski definition) is 5. The normalized spacial score (nSPS) is 20.3. The fraction of sp³-hybridized carbons (Fsp3) is 0.625. The van der Waals surface area contributed by atoms with E-state index in [9.17, 15) is 0 Å². The minimum atomic E-state index is -0.329. The quantitative estimate of drug-likeness (QED) is 0.796. The fourth-order valence-corrected chi connectivity index (χ4v) is 3.99. The number of nitrogens with zero attached hydrogens (tertiary/aromatic N) is 2. The van der Waals surface area contributed by atoms with E-state index in [2.05, 4.69) is 58.7 Å². The predicted molar refractivity (Wildman–Crippen MR) is 92.0 cm³/mol. The first kappa shape index (κ1) is 15.9. The SMILES string of the molecule is Cc1c(B2OC(C)(C)C(C)(C)O2)sc2c(C(C)C)cnnc12. The van der Waals surface area contributed by atoms with Crippen molar-refractivity contribution in [3.05, 3.63) is 17.3 Å². The monoisotopic (exact) mass is 318 g/mol. The van der Waals surface area contributed by atoms with E-state index in [1.165, 1.54) is 10.3 Å². The molecule has 22 heavy (non-hydrogen) atoms. The summed E-state index contributed by atoms with van der Waals surface area (Å²) in [6.45, 7) is 14.8. The molecule has 3 heterocycles. The van der Waals surface area contributed by atoms with Crippen molar-refractivity contribution in [1.29, 1.82) is 0 Å². The third-order valence-corrected chi connectivity index (χ3v) is 6.21. The lowest BCUT2D eigenvalue weighted by Crippen LogP contribution is -2.41. The maximum absolute atomic E-state index is 6.20. The summed E-state index contributed by atoms with van der Waals surface area (Å²) in [6.07, 6.45) is 1.87. The van der Waals surface area contributed by atoms with Gasteiger partial charge in [0, 0.05) is 4.78 Å². The van der Waals surface area contributed by atoms with E-state index >= 15 is 0 Å². The van der Waals surface area contributed by atoms with Crippen LogP contribution in [0.15, 0.2) is 6.20 Å². The first-order valence-corrected chi connectivity index (χ1v) is 8.56. The van der Waals surface area contributed by atoms with Gasteiger partial charge in [0.15, 0.2) is 0 Å². The van der Waals surface area contributed by atoms with E-state index < -0.39 is 0 Å². The molecule has 4 nitrogen and oxygen atoms in total. The molecule has 0 spiro atoms. The summed E-state index contributed by atoms with van der Waals surface area (Å²) in [5.41, 5.74) is 2.68. The van der Waals surface area contributed by atoms with E-state index in [0.717, 1.165) is 15.9 Å². The fourth-order valence-electron chi connectivity index (χ4n) is 2.63. The van der Waals surface area contributed by atoms with E-state index in [0.29, 0.717) is 5.92 Å². The van der Waals surface area contributed by atoms with Crippen LogP contribution in [0.3, 0.4) is 0 Å². The highest BCUT2D eigenvalue weighted by atomic mass is 32.1. The zero-order valence-electron chi connectivity index (χ0n) is 14.4. The maximum atomic E-state index is 6.20. The molecular weight excluding hydrogens is 295 g/mol. The van der Waals surface area contributed by atoms with Crippen LogP contribution in [0.5, 0.6) is 0 Å². The van der Waals surface area contributed by atoms with Crippen molar-refractivity contribution >= 4 is 33.4 Å². The highest BCUT2D eigenvalue weighted by Gasteiger charge is 2.52. The molecule has 0 saturated carbocycles. The minimum absolute atomic E-state index is 0.327. The second-order valence-corrected chi connectivity index (χ2v) is 8.36. The van der Waals surface area contributed by atoms with Gasteiger partial charge < -0.3 is 9.31 Å². The Labute approximate surface area is 136 Å². The van der Waals surface area contributed by atoms with Gasteiger partial charge in [-0.15, -0.1) is 16.4 Å². The van der Waals surface area contributed by atoms with E-state index in [-0.39, 0.29) is 18.3 Å². The van der Waals surface area contributed by atoms with E-state index in [4.69, 9.17) is 9.31 Å². The maximum Gasteiger partial charge on any atom is 0.505 e. The molecule has 0 aromatic carbocycles. The molecule has 0 N–H and O–H groups in total. The third kappa shape index (κ3) is 2.28. The minimum Gasteiger partial charge on any atom is -0.399 e. The molecule has 3 rings (SSSR count). The zero-order valence-corrected chi connectivity index (χ0v) is 15.2. The number of thiophene rings is 1. The van der Waals surface area contributed by atoms with Crippen LogP contribution >= 0.6 is 11.3 Å². The lowest BCUT2D eigenvalue weighted by Gasteiger charge is -2.32. The second kappa shape index (κ2) is 5.01. The van der Waals surface area contributed by atoms with Gasteiger partial charge in [-0.1, -0.05) is 13.8 Å². The molecule has 1 aliphatic rings. The lowest BCUT2D eigenvalue weighted by atomic mass is 9.85. The molecule has 2 aromatic rings. The van der Waals surface area contributed by atoms with E-state index in [1.54, 1.807) is 11.3 Å². The van der Waals surface area contributed by atoms with Crippen LogP contribution < -0.4 is 4.78 Å².